The standard InChI is InChI=1S/C18H17N3O4S/c19-21-17(22)16(26-18(21)23)10-12-6-8-14(9-7-12)25-11-15(20-24)13-4-2-1-3-5-13/h1-9,15-16H,10-11,19H2. The molecule has 1 aliphatic rings. The first-order chi connectivity index (χ1) is 12.6. The second-order valence-corrected chi connectivity index (χ2v) is 6.93. The van der Waals surface area contributed by atoms with Gasteiger partial charge in [-0.3, -0.25) is 9.59 Å². The van der Waals surface area contributed by atoms with Gasteiger partial charge in [0.15, 0.2) is 6.04 Å². The van der Waals surface area contributed by atoms with E-state index in [4.69, 9.17) is 10.6 Å². The molecule has 3 rings (SSSR count). The van der Waals surface area contributed by atoms with Crippen molar-refractivity contribution in [2.75, 3.05) is 6.61 Å². The van der Waals surface area contributed by atoms with Gasteiger partial charge in [0.05, 0.1) is 5.25 Å². The molecule has 0 aromatic heterocycles. The normalized spacial score (nSPS) is 18.0. The summed E-state index contributed by atoms with van der Waals surface area (Å²) >= 11 is 0.930. The van der Waals surface area contributed by atoms with Gasteiger partial charge in [0, 0.05) is 0 Å². The lowest BCUT2D eigenvalue weighted by Crippen LogP contribution is -2.37. The maximum Gasteiger partial charge on any atom is 0.303 e. The molecule has 2 atom stereocenters. The summed E-state index contributed by atoms with van der Waals surface area (Å²) < 4.78 is 5.65. The van der Waals surface area contributed by atoms with Gasteiger partial charge in [-0.05, 0) is 41.4 Å². The number of rotatable bonds is 7. The van der Waals surface area contributed by atoms with Crippen molar-refractivity contribution >= 4 is 22.9 Å². The summed E-state index contributed by atoms with van der Waals surface area (Å²) in [5.41, 5.74) is 1.69. The third kappa shape index (κ3) is 4.09. The van der Waals surface area contributed by atoms with Crippen molar-refractivity contribution < 1.29 is 14.3 Å². The summed E-state index contributed by atoms with van der Waals surface area (Å²) in [6.07, 6.45) is 0.408. The van der Waals surface area contributed by atoms with E-state index in [1.165, 1.54) is 0 Å². The first-order valence-electron chi connectivity index (χ1n) is 7.97. The Balaban J connectivity index is 1.57. The number of imide groups is 1. The van der Waals surface area contributed by atoms with Crippen LogP contribution in [0, 0.1) is 4.91 Å². The number of hydrazine groups is 1. The Morgan fingerprint density at radius 3 is 2.38 bits per heavy atom. The van der Waals surface area contributed by atoms with E-state index in [1.807, 2.05) is 42.5 Å². The van der Waals surface area contributed by atoms with Crippen LogP contribution < -0.4 is 10.6 Å². The zero-order valence-corrected chi connectivity index (χ0v) is 14.6. The molecule has 0 aliphatic carbocycles. The van der Waals surface area contributed by atoms with E-state index in [2.05, 4.69) is 5.18 Å². The molecule has 1 saturated heterocycles. The highest BCUT2D eigenvalue weighted by Crippen LogP contribution is 2.28. The molecule has 0 radical (unpaired) electrons. The van der Waals surface area contributed by atoms with E-state index >= 15 is 0 Å². The number of hydrogen-bond acceptors (Lipinski definition) is 7. The van der Waals surface area contributed by atoms with Crippen LogP contribution in [0.1, 0.15) is 17.2 Å². The zero-order chi connectivity index (χ0) is 18.5. The molecule has 1 fully saturated rings. The molecule has 0 bridgehead atoms. The molecular formula is C18H17N3O4S. The molecule has 2 aromatic carbocycles. The van der Waals surface area contributed by atoms with Gasteiger partial charge in [0.2, 0.25) is 0 Å². The summed E-state index contributed by atoms with van der Waals surface area (Å²) in [6.45, 7) is 0.139. The molecule has 1 aliphatic heterocycles. The Kier molecular flexibility index (Phi) is 5.65. The summed E-state index contributed by atoms with van der Waals surface area (Å²) in [4.78, 5) is 34.3. The first-order valence-corrected chi connectivity index (χ1v) is 8.85. The largest absolute Gasteiger partial charge is 0.491 e. The molecular weight excluding hydrogens is 354 g/mol. The Bertz CT molecular complexity index is 798. The van der Waals surface area contributed by atoms with Crippen LogP contribution in [-0.2, 0) is 11.2 Å². The average molecular weight is 371 g/mol. The maximum atomic E-state index is 11.8. The van der Waals surface area contributed by atoms with Crippen molar-refractivity contribution in [2.45, 2.75) is 17.7 Å². The van der Waals surface area contributed by atoms with E-state index in [9.17, 15) is 14.5 Å². The Hall–Kier alpha value is -2.71. The number of nitroso groups, excluding NO2 is 1. The molecule has 2 N–H and O–H groups in total. The number of nitrogens with zero attached hydrogens (tertiary/aromatic N) is 2. The Labute approximate surface area is 154 Å². The van der Waals surface area contributed by atoms with Gasteiger partial charge < -0.3 is 4.74 Å². The van der Waals surface area contributed by atoms with Crippen molar-refractivity contribution in [3.05, 3.63) is 70.6 Å². The van der Waals surface area contributed by atoms with Crippen LogP contribution >= 0.6 is 11.8 Å². The number of carbonyl (C=O) groups excluding carboxylic acids is 2. The fraction of sp³-hybridized carbons (Fsp3) is 0.222. The summed E-state index contributed by atoms with van der Waals surface area (Å²) in [5, 5.41) is 2.84. The molecule has 8 heteroatoms. The van der Waals surface area contributed by atoms with E-state index in [-0.39, 0.29) is 12.5 Å². The second-order valence-electron chi connectivity index (χ2n) is 5.77. The lowest BCUT2D eigenvalue weighted by molar-refractivity contribution is -0.126. The Morgan fingerprint density at radius 2 is 1.81 bits per heavy atom. The third-order valence-electron chi connectivity index (χ3n) is 4.02. The first kappa shape index (κ1) is 18.1. The van der Waals surface area contributed by atoms with Crippen LogP contribution in [-0.4, -0.2) is 28.0 Å². The Morgan fingerprint density at radius 1 is 1.12 bits per heavy atom. The van der Waals surface area contributed by atoms with Crippen LogP contribution in [0.15, 0.2) is 59.8 Å². The molecule has 0 spiro atoms. The van der Waals surface area contributed by atoms with E-state index in [0.717, 1.165) is 22.9 Å². The van der Waals surface area contributed by atoms with Gasteiger partial charge in [0.1, 0.15) is 12.4 Å². The highest BCUT2D eigenvalue weighted by atomic mass is 32.2. The molecule has 2 amide bonds. The summed E-state index contributed by atoms with van der Waals surface area (Å²) in [5.74, 6) is 5.59. The number of carbonyl (C=O) groups is 2. The van der Waals surface area contributed by atoms with Gasteiger partial charge in [0.25, 0.3) is 5.91 Å². The van der Waals surface area contributed by atoms with Crippen molar-refractivity contribution in [1.82, 2.24) is 5.01 Å². The van der Waals surface area contributed by atoms with Crippen LogP contribution in [0.3, 0.4) is 0 Å². The van der Waals surface area contributed by atoms with Gasteiger partial charge in [-0.15, -0.1) is 0 Å². The predicted octanol–water partition coefficient (Wildman–Crippen LogP) is 3.05. The molecule has 2 aromatic rings. The van der Waals surface area contributed by atoms with Crippen molar-refractivity contribution in [2.24, 2.45) is 11.0 Å². The number of nitrogens with two attached hydrogens (primary N) is 1. The molecule has 0 saturated carbocycles. The minimum absolute atomic E-state index is 0.139. The van der Waals surface area contributed by atoms with Gasteiger partial charge in [-0.25, -0.2) is 10.9 Å². The van der Waals surface area contributed by atoms with E-state index in [0.29, 0.717) is 17.2 Å². The van der Waals surface area contributed by atoms with Crippen molar-refractivity contribution in [3.63, 3.8) is 0 Å². The fourth-order valence-corrected chi connectivity index (χ4v) is 3.51. The number of benzene rings is 2. The van der Waals surface area contributed by atoms with Crippen LogP contribution in [0.25, 0.3) is 0 Å². The third-order valence-corrected chi connectivity index (χ3v) is 5.07. The molecule has 1 heterocycles. The minimum Gasteiger partial charge on any atom is -0.491 e. The summed E-state index contributed by atoms with van der Waals surface area (Å²) in [7, 11) is 0. The van der Waals surface area contributed by atoms with Gasteiger partial charge in [-0.2, -0.15) is 4.91 Å². The van der Waals surface area contributed by atoms with E-state index in [1.54, 1.807) is 12.1 Å². The number of amides is 2. The van der Waals surface area contributed by atoms with Gasteiger partial charge in [-0.1, -0.05) is 47.6 Å². The number of thioether (sulfide) groups is 1. The quantitative estimate of drug-likeness (QED) is 0.456. The molecule has 2 unspecified atom stereocenters. The zero-order valence-electron chi connectivity index (χ0n) is 13.8. The average Bonchev–Trinajstić information content (AvgIpc) is 2.91. The van der Waals surface area contributed by atoms with E-state index < -0.39 is 16.5 Å². The SMILES string of the molecule is NN1C(=O)SC(Cc2ccc(OCC(N=O)c3ccccc3)cc2)C1=O. The van der Waals surface area contributed by atoms with Crippen LogP contribution in [0.2, 0.25) is 0 Å². The summed E-state index contributed by atoms with van der Waals surface area (Å²) in [6, 6.07) is 15.8. The highest BCUT2D eigenvalue weighted by molar-refractivity contribution is 8.15. The lowest BCUT2D eigenvalue weighted by atomic mass is 10.1. The maximum absolute atomic E-state index is 11.8. The highest BCUT2D eigenvalue weighted by Gasteiger charge is 2.37. The van der Waals surface area contributed by atoms with Crippen LogP contribution in [0.4, 0.5) is 4.79 Å². The fourth-order valence-electron chi connectivity index (χ4n) is 2.58. The monoisotopic (exact) mass is 371 g/mol. The topological polar surface area (TPSA) is 102 Å². The number of ether oxygens (including phenoxy) is 1. The van der Waals surface area contributed by atoms with Gasteiger partial charge >= 0.3 is 5.24 Å². The smallest absolute Gasteiger partial charge is 0.303 e. The molecule has 7 nitrogen and oxygen atoms in total. The lowest BCUT2D eigenvalue weighted by Gasteiger charge is -2.12. The molecule has 134 valence electrons. The minimum atomic E-state index is -0.579. The second kappa shape index (κ2) is 8.11. The van der Waals surface area contributed by atoms with Crippen LogP contribution in [0.5, 0.6) is 5.75 Å². The molecule has 26 heavy (non-hydrogen) atoms. The van der Waals surface area contributed by atoms with Crippen molar-refractivity contribution in [3.8, 4) is 5.75 Å². The predicted molar refractivity (Wildman–Crippen MR) is 98.4 cm³/mol. The number of hydrogen-bond donors (Lipinski definition) is 1. The van der Waals surface area contributed by atoms with Crippen molar-refractivity contribution in [1.29, 1.82) is 0 Å².